The van der Waals surface area contributed by atoms with Crippen LogP contribution in [0.15, 0.2) is 17.2 Å². The minimum atomic E-state index is -0.291. The second-order valence-corrected chi connectivity index (χ2v) is 4.84. The fourth-order valence-corrected chi connectivity index (χ4v) is 2.31. The Morgan fingerprint density at radius 1 is 1.53 bits per heavy atom. The molecule has 1 aromatic rings. The monoisotopic (exact) mass is 264 g/mol. The summed E-state index contributed by atoms with van der Waals surface area (Å²) in [5, 5.41) is 3.34. The van der Waals surface area contributed by atoms with Crippen molar-refractivity contribution in [2.45, 2.75) is 19.8 Å². The van der Waals surface area contributed by atoms with Gasteiger partial charge < -0.3 is 15.2 Å². The lowest BCUT2D eigenvalue weighted by atomic mass is 9.96. The van der Waals surface area contributed by atoms with Gasteiger partial charge in [-0.2, -0.15) is 0 Å². The molecule has 2 rings (SSSR count). The van der Waals surface area contributed by atoms with Gasteiger partial charge in [-0.1, -0.05) is 6.92 Å². The van der Waals surface area contributed by atoms with E-state index >= 15 is 0 Å². The van der Waals surface area contributed by atoms with Gasteiger partial charge in [0.15, 0.2) is 0 Å². The Bertz CT molecular complexity index is 457. The summed E-state index contributed by atoms with van der Waals surface area (Å²) < 4.78 is 0. The predicted octanol–water partition coefficient (Wildman–Crippen LogP) is 0.232. The molecule has 0 aromatic carbocycles. The lowest BCUT2D eigenvalue weighted by Gasteiger charge is -2.31. The Balaban J connectivity index is 1.88. The Hall–Kier alpha value is -1.69. The van der Waals surface area contributed by atoms with Gasteiger partial charge in [0.05, 0.1) is 6.20 Å². The number of piperidine rings is 1. The molecule has 0 atom stereocenters. The molecule has 0 spiro atoms. The highest BCUT2D eigenvalue weighted by Crippen LogP contribution is 2.17. The van der Waals surface area contributed by atoms with Crippen molar-refractivity contribution < 1.29 is 4.79 Å². The number of likely N-dealkylation sites (tertiary alicyclic amines) is 1. The molecule has 6 nitrogen and oxygen atoms in total. The number of nitrogens with zero attached hydrogens (tertiary/aromatic N) is 2. The lowest BCUT2D eigenvalue weighted by Crippen LogP contribution is -2.41. The molecule has 0 bridgehead atoms. The molecule has 0 aliphatic carbocycles. The zero-order valence-corrected chi connectivity index (χ0v) is 11.2. The average Bonchev–Trinajstić information content (AvgIpc) is 2.46. The van der Waals surface area contributed by atoms with Gasteiger partial charge in [0.2, 0.25) is 0 Å². The number of carbonyl (C=O) groups is 1. The zero-order valence-electron chi connectivity index (χ0n) is 11.2. The normalized spacial score (nSPS) is 16.6. The van der Waals surface area contributed by atoms with Crippen LogP contribution in [0.4, 0.5) is 0 Å². The van der Waals surface area contributed by atoms with Crippen molar-refractivity contribution in [1.29, 1.82) is 0 Å². The van der Waals surface area contributed by atoms with Gasteiger partial charge in [0.25, 0.3) is 11.5 Å². The van der Waals surface area contributed by atoms with Crippen molar-refractivity contribution >= 4 is 5.91 Å². The summed E-state index contributed by atoms with van der Waals surface area (Å²) in [6.45, 7) is 5.63. The van der Waals surface area contributed by atoms with E-state index in [9.17, 15) is 9.59 Å². The van der Waals surface area contributed by atoms with Gasteiger partial charge in [-0.05, 0) is 31.8 Å². The van der Waals surface area contributed by atoms with Crippen molar-refractivity contribution in [3.05, 3.63) is 28.4 Å². The minimum absolute atomic E-state index is 0.0989. The Kier molecular flexibility index (Phi) is 4.68. The topological polar surface area (TPSA) is 78.1 Å². The first-order chi connectivity index (χ1) is 9.20. The maximum atomic E-state index is 12.2. The number of amides is 1. The highest BCUT2D eigenvalue weighted by Gasteiger charge is 2.23. The first-order valence-electron chi connectivity index (χ1n) is 6.75. The Morgan fingerprint density at radius 3 is 2.84 bits per heavy atom. The third-order valence-corrected chi connectivity index (χ3v) is 3.48. The van der Waals surface area contributed by atoms with Crippen LogP contribution in [0.5, 0.6) is 0 Å². The second-order valence-electron chi connectivity index (χ2n) is 4.84. The lowest BCUT2D eigenvalue weighted by molar-refractivity contribution is 0.0684. The highest BCUT2D eigenvalue weighted by atomic mass is 16.2. The summed E-state index contributed by atoms with van der Waals surface area (Å²) in [4.78, 5) is 31.2. The number of H-pyrrole nitrogens is 1. The maximum absolute atomic E-state index is 12.2. The van der Waals surface area contributed by atoms with E-state index in [4.69, 9.17) is 0 Å². The standard InChI is InChI=1S/C13H20N4O2/c1-2-14-7-10-3-5-17(6-4-10)13(19)11-8-16-12(18)9-15-11/h8-10,14H,2-7H2,1H3,(H,16,18). The minimum Gasteiger partial charge on any atom is -0.337 e. The number of carbonyl (C=O) groups excluding carboxylic acids is 1. The number of rotatable bonds is 4. The first-order valence-corrected chi connectivity index (χ1v) is 6.75. The summed E-state index contributed by atoms with van der Waals surface area (Å²) >= 11 is 0. The summed E-state index contributed by atoms with van der Waals surface area (Å²) in [6, 6.07) is 0. The number of aromatic amines is 1. The van der Waals surface area contributed by atoms with E-state index in [0.29, 0.717) is 11.6 Å². The summed E-state index contributed by atoms with van der Waals surface area (Å²) in [7, 11) is 0. The fraction of sp³-hybridized carbons (Fsp3) is 0.615. The Morgan fingerprint density at radius 2 is 2.26 bits per heavy atom. The van der Waals surface area contributed by atoms with E-state index in [-0.39, 0.29) is 11.5 Å². The third kappa shape index (κ3) is 3.64. The van der Waals surface area contributed by atoms with Crippen LogP contribution in [0.25, 0.3) is 0 Å². The molecule has 1 aliphatic rings. The van der Waals surface area contributed by atoms with E-state index in [1.165, 1.54) is 6.20 Å². The second kappa shape index (κ2) is 6.47. The van der Waals surface area contributed by atoms with Crippen LogP contribution in [-0.4, -0.2) is 47.0 Å². The number of nitrogens with one attached hydrogen (secondary N) is 2. The van der Waals surface area contributed by atoms with E-state index in [2.05, 4.69) is 22.2 Å². The molecule has 1 aromatic heterocycles. The molecule has 1 saturated heterocycles. The van der Waals surface area contributed by atoms with Crippen LogP contribution in [0, 0.1) is 5.92 Å². The van der Waals surface area contributed by atoms with Crippen LogP contribution >= 0.6 is 0 Å². The smallest absolute Gasteiger partial charge is 0.273 e. The van der Waals surface area contributed by atoms with Crippen molar-refractivity contribution in [1.82, 2.24) is 20.2 Å². The first kappa shape index (κ1) is 13.7. The molecule has 2 N–H and O–H groups in total. The van der Waals surface area contributed by atoms with Gasteiger partial charge in [0.1, 0.15) is 5.69 Å². The van der Waals surface area contributed by atoms with Crippen molar-refractivity contribution in [2.75, 3.05) is 26.2 Å². The van der Waals surface area contributed by atoms with Crippen LogP contribution < -0.4 is 10.9 Å². The largest absolute Gasteiger partial charge is 0.337 e. The summed E-state index contributed by atoms with van der Waals surface area (Å²) in [5.41, 5.74) is 0.0191. The number of hydrogen-bond donors (Lipinski definition) is 2. The summed E-state index contributed by atoms with van der Waals surface area (Å²) in [6.07, 6.45) is 4.56. The van der Waals surface area contributed by atoms with Crippen LogP contribution in [0.1, 0.15) is 30.3 Å². The molecular formula is C13H20N4O2. The number of hydrogen-bond acceptors (Lipinski definition) is 4. The molecule has 1 amide bonds. The molecular weight excluding hydrogens is 244 g/mol. The molecule has 2 heterocycles. The van der Waals surface area contributed by atoms with Gasteiger partial charge >= 0.3 is 0 Å². The van der Waals surface area contributed by atoms with Crippen molar-refractivity contribution in [3.63, 3.8) is 0 Å². The van der Waals surface area contributed by atoms with Crippen LogP contribution in [-0.2, 0) is 0 Å². The molecule has 0 unspecified atom stereocenters. The van der Waals surface area contributed by atoms with Gasteiger partial charge in [0, 0.05) is 19.3 Å². The van der Waals surface area contributed by atoms with Gasteiger partial charge in [-0.15, -0.1) is 0 Å². The quantitative estimate of drug-likeness (QED) is 0.816. The molecule has 19 heavy (non-hydrogen) atoms. The van der Waals surface area contributed by atoms with Crippen molar-refractivity contribution in [2.24, 2.45) is 5.92 Å². The highest BCUT2D eigenvalue weighted by molar-refractivity contribution is 5.91. The molecule has 104 valence electrons. The van der Waals surface area contributed by atoms with E-state index in [1.54, 1.807) is 0 Å². The number of aromatic nitrogens is 2. The Labute approximate surface area is 112 Å². The SMILES string of the molecule is CCNCC1CCN(C(=O)c2c[nH]c(=O)cn2)CC1. The zero-order chi connectivity index (χ0) is 13.7. The fourth-order valence-electron chi connectivity index (χ4n) is 2.31. The molecule has 6 heteroatoms. The average molecular weight is 264 g/mol. The predicted molar refractivity (Wildman–Crippen MR) is 72.0 cm³/mol. The molecule has 1 aliphatic heterocycles. The summed E-state index contributed by atoms with van der Waals surface area (Å²) in [5.74, 6) is 0.547. The molecule has 0 radical (unpaired) electrons. The maximum Gasteiger partial charge on any atom is 0.273 e. The molecule has 0 saturated carbocycles. The van der Waals surface area contributed by atoms with Gasteiger partial charge in [-0.3, -0.25) is 9.59 Å². The van der Waals surface area contributed by atoms with E-state index < -0.39 is 0 Å². The van der Waals surface area contributed by atoms with Gasteiger partial charge in [-0.25, -0.2) is 4.98 Å². The van der Waals surface area contributed by atoms with E-state index in [0.717, 1.165) is 45.2 Å². The third-order valence-electron chi connectivity index (χ3n) is 3.48. The van der Waals surface area contributed by atoms with Crippen LogP contribution in [0.3, 0.4) is 0 Å². The van der Waals surface area contributed by atoms with Crippen LogP contribution in [0.2, 0.25) is 0 Å². The van der Waals surface area contributed by atoms with E-state index in [1.807, 2.05) is 4.90 Å². The van der Waals surface area contributed by atoms with Crippen molar-refractivity contribution in [3.8, 4) is 0 Å². The molecule has 1 fully saturated rings.